The van der Waals surface area contributed by atoms with Gasteiger partial charge in [0.1, 0.15) is 29.9 Å². The van der Waals surface area contributed by atoms with Crippen LogP contribution in [0, 0.1) is 0 Å². The number of alkyl halides is 2. The van der Waals surface area contributed by atoms with E-state index in [-0.39, 0.29) is 16.7 Å². The van der Waals surface area contributed by atoms with Crippen molar-refractivity contribution in [3.63, 3.8) is 0 Å². The minimum Gasteiger partial charge on any atom is -0.397 e. The number of pyridine rings is 2. The maximum atomic E-state index is 16.0. The lowest BCUT2D eigenvalue weighted by Gasteiger charge is -2.26. The summed E-state index contributed by atoms with van der Waals surface area (Å²) in [5, 5.41) is 0. The van der Waals surface area contributed by atoms with Crippen LogP contribution in [-0.2, 0) is 36.7 Å². The highest BCUT2D eigenvalue weighted by Crippen LogP contribution is 2.60. The molecule has 3 aliphatic rings. The second-order valence-electron chi connectivity index (χ2n) is 10.1. The Morgan fingerprint density at radius 1 is 0.886 bits per heavy atom. The van der Waals surface area contributed by atoms with Gasteiger partial charge in [0.05, 0.1) is 37.1 Å². The van der Waals surface area contributed by atoms with Gasteiger partial charge in [0.25, 0.3) is 5.56 Å². The van der Waals surface area contributed by atoms with E-state index >= 15 is 8.78 Å². The second-order valence-corrected chi connectivity index (χ2v) is 15.9. The van der Waals surface area contributed by atoms with Crippen LogP contribution in [0.15, 0.2) is 42.0 Å². The van der Waals surface area contributed by atoms with Crippen LogP contribution in [0.5, 0.6) is 0 Å². The van der Waals surface area contributed by atoms with E-state index < -0.39 is 81.6 Å². The van der Waals surface area contributed by atoms with E-state index in [0.717, 1.165) is 0 Å². The minimum absolute atomic E-state index is 0.0289. The highest BCUT2D eigenvalue weighted by molar-refractivity contribution is 8.44. The fraction of sp³-hybridized carbons (Fsp3) is 0.455. The molecule has 4 aromatic heterocycles. The Kier molecular flexibility index (Phi) is 7.67. The maximum absolute atomic E-state index is 16.0. The number of imidazole rings is 2. The molecule has 0 saturated carbocycles. The summed E-state index contributed by atoms with van der Waals surface area (Å²) in [7, 11) is 0. The van der Waals surface area contributed by atoms with Gasteiger partial charge in [-0.05, 0) is 12.1 Å². The lowest BCUT2D eigenvalue weighted by Crippen LogP contribution is -2.33. The second kappa shape index (κ2) is 11.2. The number of hydrogen-bond donors (Lipinski definition) is 4. The van der Waals surface area contributed by atoms with Gasteiger partial charge in [-0.2, -0.15) is 0 Å². The quantitative estimate of drug-likeness (QED) is 0.177. The largest absolute Gasteiger partial charge is 0.397 e. The van der Waals surface area contributed by atoms with Gasteiger partial charge in [0, 0.05) is 12.4 Å². The van der Waals surface area contributed by atoms with Crippen molar-refractivity contribution >= 4 is 66.0 Å². The molecule has 22 heteroatoms. The van der Waals surface area contributed by atoms with Crippen LogP contribution in [0.2, 0.25) is 0 Å². The van der Waals surface area contributed by atoms with Gasteiger partial charge in [-0.1, -0.05) is 24.5 Å². The van der Waals surface area contributed by atoms with Gasteiger partial charge in [-0.15, -0.1) is 0 Å². The zero-order valence-corrected chi connectivity index (χ0v) is 25.6. The summed E-state index contributed by atoms with van der Waals surface area (Å²) in [5.41, 5.74) is 6.51. The summed E-state index contributed by atoms with van der Waals surface area (Å²) < 4.78 is 94.6. The van der Waals surface area contributed by atoms with Crippen molar-refractivity contribution in [3.8, 4) is 0 Å². The molecule has 3 aliphatic heterocycles. The number of H-pyrrole nitrogens is 1. The minimum atomic E-state index is -4.43. The molecular formula is C22H23F2N7O9P2S2. The molecule has 7 rings (SSSR count). The van der Waals surface area contributed by atoms with Crippen molar-refractivity contribution in [1.82, 2.24) is 29.1 Å². The molecule has 10 atom stereocenters. The molecule has 0 amide bonds. The van der Waals surface area contributed by atoms with Crippen molar-refractivity contribution in [3.05, 3.63) is 47.5 Å². The lowest BCUT2D eigenvalue weighted by molar-refractivity contribution is -0.0562. The number of ether oxygens (including phenoxy) is 2. The van der Waals surface area contributed by atoms with Gasteiger partial charge in [0.15, 0.2) is 36.0 Å². The summed E-state index contributed by atoms with van der Waals surface area (Å²) in [4.78, 5) is 27.1. The van der Waals surface area contributed by atoms with E-state index in [0.29, 0.717) is 11.2 Å². The van der Waals surface area contributed by atoms with Gasteiger partial charge < -0.3 is 24.8 Å². The smallest absolute Gasteiger partial charge is 0.386 e. The van der Waals surface area contributed by atoms with E-state index in [4.69, 9.17) is 33.3 Å². The standard InChI is InChI=1S/C22H23F2N7O9P2S2/c23-13-11-5-35-41(33,43)39-17-12(38-21(14(17)24)31-8-28-15-9(25)1-3-26-19(15)31)6-36-42(34,44)40-18(13)22(37-11)30-7-29-16-10(30)2-4-27-20(16)32/h1-4,7-8,11-14,17-18,21-22H,5-6H2,(H2,25,26)(H,27,32)(H,33,43)(H,34,44)/t11-,12-,13+,14+,17-,18-,21-,22-,41?,42?/m1/s1. The number of fused-ring (bicyclic) bond motifs is 5. The fourth-order valence-electron chi connectivity index (χ4n) is 5.36. The van der Waals surface area contributed by atoms with E-state index in [2.05, 4.69) is 44.4 Å². The molecule has 3 fully saturated rings. The Balaban J connectivity index is 1.20. The number of aromatic amines is 1. The third kappa shape index (κ3) is 5.30. The van der Waals surface area contributed by atoms with Crippen LogP contribution in [0.3, 0.4) is 0 Å². The number of nitrogens with one attached hydrogen (secondary N) is 1. The van der Waals surface area contributed by atoms with Crippen LogP contribution in [0.25, 0.3) is 22.2 Å². The van der Waals surface area contributed by atoms with E-state index in [9.17, 15) is 13.9 Å². The number of nitrogens with zero attached hydrogens (tertiary/aromatic N) is 5. The van der Waals surface area contributed by atoms with E-state index in [1.807, 2.05) is 0 Å². The van der Waals surface area contributed by atoms with Crippen molar-refractivity contribution < 1.29 is 45.5 Å². The molecule has 0 aliphatic carbocycles. The molecule has 4 aromatic rings. The predicted molar refractivity (Wildman–Crippen MR) is 155 cm³/mol. The zero-order valence-electron chi connectivity index (χ0n) is 22.0. The number of hydrogen-bond acceptors (Lipinski definition) is 13. The van der Waals surface area contributed by atoms with Gasteiger partial charge in [-0.25, -0.2) is 32.9 Å². The number of nitrogens with two attached hydrogens (primary N) is 1. The summed E-state index contributed by atoms with van der Waals surface area (Å²) in [5.74, 6) is 0. The Morgan fingerprint density at radius 2 is 1.55 bits per heavy atom. The molecule has 16 nitrogen and oxygen atoms in total. The molecule has 44 heavy (non-hydrogen) atoms. The average Bonchev–Trinajstić information content (AvgIpc) is 3.73. The topological polar surface area (TPSA) is 197 Å². The van der Waals surface area contributed by atoms with Crippen LogP contribution in [-0.4, -0.2) is 79.0 Å². The number of thiol groups is 2. The summed E-state index contributed by atoms with van der Waals surface area (Å²) in [6.07, 6.45) is -7.71. The molecule has 2 bridgehead atoms. The monoisotopic (exact) mass is 693 g/mol. The summed E-state index contributed by atoms with van der Waals surface area (Å²) in [6, 6.07) is 3.02. The SMILES string of the molecule is Nc1ccnc2c1ncn2[C@@H]1O[C@@H]2COP(=O)(S)O[C@@H]3[C@@H](F)[C@@H](COP(=O)(S)O[C@H]2[C@@H]1F)O[C@H]3n1cnc2c(=O)[nH]ccc21. The summed E-state index contributed by atoms with van der Waals surface area (Å²) >= 11 is 7.99. The number of halogens is 2. The lowest BCUT2D eigenvalue weighted by atomic mass is 10.1. The van der Waals surface area contributed by atoms with Crippen LogP contribution in [0.4, 0.5) is 14.5 Å². The van der Waals surface area contributed by atoms with Gasteiger partial charge in [0.2, 0.25) is 0 Å². The van der Waals surface area contributed by atoms with Gasteiger partial charge in [-0.3, -0.25) is 27.5 Å². The first-order chi connectivity index (χ1) is 20.9. The Morgan fingerprint density at radius 3 is 2.32 bits per heavy atom. The zero-order chi connectivity index (χ0) is 31.0. The summed E-state index contributed by atoms with van der Waals surface area (Å²) in [6.45, 7) is -10.2. The highest BCUT2D eigenvalue weighted by atomic mass is 32.7. The molecule has 3 saturated heterocycles. The van der Waals surface area contributed by atoms with Crippen molar-refractivity contribution in [2.45, 2.75) is 49.2 Å². The number of anilines is 1. The molecule has 7 heterocycles. The highest BCUT2D eigenvalue weighted by Gasteiger charge is 2.54. The first-order valence-electron chi connectivity index (χ1n) is 12.9. The number of nitrogen functional groups attached to an aromatic ring is 1. The number of aromatic nitrogens is 6. The molecule has 2 unspecified atom stereocenters. The molecule has 0 radical (unpaired) electrons. The maximum Gasteiger partial charge on any atom is 0.386 e. The first-order valence-corrected chi connectivity index (χ1v) is 18.3. The molecule has 3 N–H and O–H groups in total. The van der Waals surface area contributed by atoms with E-state index in [1.54, 1.807) is 0 Å². The molecule has 0 aromatic carbocycles. The number of rotatable bonds is 2. The van der Waals surface area contributed by atoms with Crippen LogP contribution in [0.1, 0.15) is 12.5 Å². The van der Waals surface area contributed by atoms with Crippen molar-refractivity contribution in [1.29, 1.82) is 0 Å². The predicted octanol–water partition coefficient (Wildman–Crippen LogP) is 3.12. The van der Waals surface area contributed by atoms with Crippen LogP contribution >= 0.6 is 38.1 Å². The van der Waals surface area contributed by atoms with Gasteiger partial charge >= 0.3 is 13.6 Å². The normalized spacial score (nSPS) is 38.3. The van der Waals surface area contributed by atoms with Crippen molar-refractivity contribution in [2.75, 3.05) is 18.9 Å². The Labute approximate surface area is 255 Å². The Hall–Kier alpha value is -2.38. The van der Waals surface area contributed by atoms with Crippen LogP contribution < -0.4 is 11.3 Å². The van der Waals surface area contributed by atoms with E-state index in [1.165, 1.54) is 46.3 Å². The average molecular weight is 694 g/mol. The molecule has 236 valence electrons. The third-order valence-corrected chi connectivity index (χ3v) is 10.6. The Bertz CT molecular complexity index is 1900. The first kappa shape index (κ1) is 30.3. The molecule has 0 spiro atoms. The third-order valence-electron chi connectivity index (χ3n) is 7.39. The van der Waals surface area contributed by atoms with Crippen molar-refractivity contribution in [2.24, 2.45) is 0 Å². The fourth-order valence-corrected chi connectivity index (χ4v) is 8.30. The molecular weight excluding hydrogens is 670 g/mol.